The summed E-state index contributed by atoms with van der Waals surface area (Å²) in [6.45, 7) is 1.87. The van der Waals surface area contributed by atoms with Gasteiger partial charge in [-0.3, -0.25) is 4.98 Å². The van der Waals surface area contributed by atoms with Gasteiger partial charge in [0.05, 0.1) is 24.2 Å². The van der Waals surface area contributed by atoms with E-state index in [1.165, 1.54) is 0 Å². The molecule has 4 heteroatoms. The van der Waals surface area contributed by atoms with Gasteiger partial charge in [0.2, 0.25) is 0 Å². The second kappa shape index (κ2) is 4.63. The lowest BCUT2D eigenvalue weighted by Crippen LogP contribution is -1.95. The molecule has 0 radical (unpaired) electrons. The number of benzene rings is 1. The summed E-state index contributed by atoms with van der Waals surface area (Å²) in [7, 11) is 1.62. The van der Waals surface area contributed by atoms with Gasteiger partial charge in [-0.1, -0.05) is 11.6 Å². The van der Waals surface area contributed by atoms with Crippen LogP contribution in [-0.2, 0) is 0 Å². The van der Waals surface area contributed by atoms with Gasteiger partial charge in [0.1, 0.15) is 5.75 Å². The average molecular weight is 249 g/mol. The second-order valence-corrected chi connectivity index (χ2v) is 4.15. The van der Waals surface area contributed by atoms with Crippen molar-refractivity contribution in [2.45, 2.75) is 6.92 Å². The molecule has 0 fully saturated rings. The third kappa shape index (κ3) is 2.34. The number of rotatable bonds is 2. The SMILES string of the molecule is COc1ccc(Cl)cc1-c1ccc(N)c(C)n1. The Bertz CT molecular complexity index is 555. The zero-order chi connectivity index (χ0) is 12.4. The molecule has 2 aromatic rings. The van der Waals surface area contributed by atoms with E-state index in [-0.39, 0.29) is 0 Å². The van der Waals surface area contributed by atoms with Crippen LogP contribution in [0.25, 0.3) is 11.3 Å². The molecule has 3 nitrogen and oxygen atoms in total. The highest BCUT2D eigenvalue weighted by Gasteiger charge is 2.08. The van der Waals surface area contributed by atoms with Crippen molar-refractivity contribution in [3.8, 4) is 17.0 Å². The fourth-order valence-electron chi connectivity index (χ4n) is 1.60. The lowest BCUT2D eigenvalue weighted by Gasteiger charge is -2.09. The van der Waals surface area contributed by atoms with Gasteiger partial charge in [-0.15, -0.1) is 0 Å². The van der Waals surface area contributed by atoms with Crippen LogP contribution in [0.3, 0.4) is 0 Å². The van der Waals surface area contributed by atoms with Gasteiger partial charge in [0.15, 0.2) is 0 Å². The van der Waals surface area contributed by atoms with Gasteiger partial charge < -0.3 is 10.5 Å². The molecule has 0 saturated heterocycles. The van der Waals surface area contributed by atoms with E-state index in [1.54, 1.807) is 13.2 Å². The van der Waals surface area contributed by atoms with Gasteiger partial charge >= 0.3 is 0 Å². The smallest absolute Gasteiger partial charge is 0.128 e. The van der Waals surface area contributed by atoms with Crippen LogP contribution in [0.5, 0.6) is 5.75 Å². The van der Waals surface area contributed by atoms with Crippen LogP contribution in [0.4, 0.5) is 5.69 Å². The molecule has 1 aromatic heterocycles. The summed E-state index contributed by atoms with van der Waals surface area (Å²) in [4.78, 5) is 4.43. The topological polar surface area (TPSA) is 48.1 Å². The number of anilines is 1. The summed E-state index contributed by atoms with van der Waals surface area (Å²) < 4.78 is 5.29. The van der Waals surface area contributed by atoms with Gasteiger partial charge in [-0.05, 0) is 37.3 Å². The maximum Gasteiger partial charge on any atom is 0.128 e. The van der Waals surface area contributed by atoms with Crippen molar-refractivity contribution >= 4 is 17.3 Å². The van der Waals surface area contributed by atoms with E-state index in [0.29, 0.717) is 10.7 Å². The molecule has 0 atom stereocenters. The first-order valence-electron chi connectivity index (χ1n) is 5.19. The quantitative estimate of drug-likeness (QED) is 0.887. The number of hydrogen-bond donors (Lipinski definition) is 1. The normalized spacial score (nSPS) is 10.3. The number of pyridine rings is 1. The lowest BCUT2D eigenvalue weighted by atomic mass is 10.1. The molecule has 88 valence electrons. The van der Waals surface area contributed by atoms with Crippen molar-refractivity contribution < 1.29 is 4.74 Å². The van der Waals surface area contributed by atoms with Crippen molar-refractivity contribution in [1.82, 2.24) is 4.98 Å². The Labute approximate surface area is 105 Å². The summed E-state index contributed by atoms with van der Waals surface area (Å²) in [5, 5.41) is 0.650. The van der Waals surface area contributed by atoms with Crippen molar-refractivity contribution in [2.24, 2.45) is 0 Å². The molecular weight excluding hydrogens is 236 g/mol. The first-order chi connectivity index (χ1) is 8.11. The maximum absolute atomic E-state index is 5.99. The number of nitrogen functional groups attached to an aromatic ring is 1. The maximum atomic E-state index is 5.99. The van der Waals surface area contributed by atoms with Crippen LogP contribution in [0.2, 0.25) is 5.02 Å². The third-order valence-corrected chi connectivity index (χ3v) is 2.80. The van der Waals surface area contributed by atoms with Crippen LogP contribution in [0.15, 0.2) is 30.3 Å². The number of halogens is 1. The third-order valence-electron chi connectivity index (χ3n) is 2.56. The fraction of sp³-hybridized carbons (Fsp3) is 0.154. The van der Waals surface area contributed by atoms with E-state index >= 15 is 0 Å². The van der Waals surface area contributed by atoms with E-state index in [1.807, 2.05) is 31.2 Å². The monoisotopic (exact) mass is 248 g/mol. The van der Waals surface area contributed by atoms with Crippen LogP contribution in [0, 0.1) is 6.92 Å². The first kappa shape index (κ1) is 11.7. The molecule has 17 heavy (non-hydrogen) atoms. The van der Waals surface area contributed by atoms with E-state index in [4.69, 9.17) is 22.1 Å². The molecular formula is C13H13ClN2O. The minimum absolute atomic E-state index is 0.650. The van der Waals surface area contributed by atoms with Gasteiger partial charge in [-0.2, -0.15) is 0 Å². The van der Waals surface area contributed by atoms with Gasteiger partial charge in [0.25, 0.3) is 0 Å². The minimum atomic E-state index is 0.650. The highest BCUT2D eigenvalue weighted by atomic mass is 35.5. The number of aryl methyl sites for hydroxylation is 1. The Morgan fingerprint density at radius 1 is 1.24 bits per heavy atom. The summed E-state index contributed by atoms with van der Waals surface area (Å²) in [6.07, 6.45) is 0. The first-order valence-corrected chi connectivity index (χ1v) is 5.56. The molecule has 1 heterocycles. The summed E-state index contributed by atoms with van der Waals surface area (Å²) in [5.74, 6) is 0.742. The van der Waals surface area contributed by atoms with Gasteiger partial charge in [-0.25, -0.2) is 0 Å². The molecule has 0 aliphatic heterocycles. The molecule has 0 aliphatic rings. The number of nitrogens with two attached hydrogens (primary N) is 1. The Morgan fingerprint density at radius 3 is 2.65 bits per heavy atom. The van der Waals surface area contributed by atoms with Crippen molar-refractivity contribution in [1.29, 1.82) is 0 Å². The average Bonchev–Trinajstić information content (AvgIpc) is 2.32. The fourth-order valence-corrected chi connectivity index (χ4v) is 1.77. The number of ether oxygens (including phenoxy) is 1. The standard InChI is InChI=1S/C13H13ClN2O/c1-8-11(15)4-5-12(16-8)10-7-9(14)3-6-13(10)17-2/h3-7H,15H2,1-2H3. The highest BCUT2D eigenvalue weighted by molar-refractivity contribution is 6.30. The Hall–Kier alpha value is -1.74. The molecule has 0 saturated carbocycles. The lowest BCUT2D eigenvalue weighted by molar-refractivity contribution is 0.416. The molecule has 0 unspecified atom stereocenters. The summed E-state index contributed by atoms with van der Waals surface area (Å²) in [5.41, 5.74) is 8.88. The zero-order valence-electron chi connectivity index (χ0n) is 9.70. The number of methoxy groups -OCH3 is 1. The van der Waals surface area contributed by atoms with Crippen LogP contribution in [-0.4, -0.2) is 12.1 Å². The number of aromatic nitrogens is 1. The van der Waals surface area contributed by atoms with E-state index < -0.39 is 0 Å². The molecule has 0 bridgehead atoms. The molecule has 0 aliphatic carbocycles. The van der Waals surface area contributed by atoms with Crippen molar-refractivity contribution in [3.05, 3.63) is 41.0 Å². The minimum Gasteiger partial charge on any atom is -0.496 e. The van der Waals surface area contributed by atoms with Crippen molar-refractivity contribution in [3.63, 3.8) is 0 Å². The molecule has 0 spiro atoms. The largest absolute Gasteiger partial charge is 0.496 e. The van der Waals surface area contributed by atoms with E-state index in [9.17, 15) is 0 Å². The van der Waals surface area contributed by atoms with Crippen molar-refractivity contribution in [2.75, 3.05) is 12.8 Å². The predicted molar refractivity (Wildman–Crippen MR) is 70.4 cm³/mol. The number of hydrogen-bond acceptors (Lipinski definition) is 3. The molecule has 2 rings (SSSR count). The summed E-state index contributed by atoms with van der Waals surface area (Å²) >= 11 is 5.99. The van der Waals surface area contributed by atoms with E-state index in [2.05, 4.69) is 4.98 Å². The Morgan fingerprint density at radius 2 is 2.00 bits per heavy atom. The Kier molecular flexibility index (Phi) is 3.20. The van der Waals surface area contributed by atoms with Gasteiger partial charge in [0, 0.05) is 10.6 Å². The van der Waals surface area contributed by atoms with Crippen LogP contribution >= 0.6 is 11.6 Å². The summed E-state index contributed by atoms with van der Waals surface area (Å²) in [6, 6.07) is 9.13. The Balaban J connectivity index is 2.58. The van der Waals surface area contributed by atoms with E-state index in [0.717, 1.165) is 22.7 Å². The second-order valence-electron chi connectivity index (χ2n) is 3.72. The zero-order valence-corrected chi connectivity index (χ0v) is 10.5. The number of nitrogens with zero attached hydrogens (tertiary/aromatic N) is 1. The molecule has 2 N–H and O–H groups in total. The highest BCUT2D eigenvalue weighted by Crippen LogP contribution is 2.31. The van der Waals surface area contributed by atoms with Crippen LogP contribution in [0.1, 0.15) is 5.69 Å². The molecule has 1 aromatic carbocycles. The predicted octanol–water partition coefficient (Wildman–Crippen LogP) is 3.30. The van der Waals surface area contributed by atoms with Crippen LogP contribution < -0.4 is 10.5 Å². The molecule has 0 amide bonds.